The lowest BCUT2D eigenvalue weighted by atomic mass is 10.1. The Kier molecular flexibility index (Phi) is 5.60. The summed E-state index contributed by atoms with van der Waals surface area (Å²) in [6, 6.07) is 8.04. The van der Waals surface area contributed by atoms with Crippen molar-refractivity contribution in [1.82, 2.24) is 4.90 Å². The Hall–Kier alpha value is -2.05. The lowest BCUT2D eigenvalue weighted by molar-refractivity contribution is -0.141. The topological polar surface area (TPSA) is 59.0 Å². The highest BCUT2D eigenvalue weighted by molar-refractivity contribution is 7.15. The molecule has 0 atom stereocenters. The minimum atomic E-state index is -0.245. The van der Waals surface area contributed by atoms with Gasteiger partial charge in [0.2, 0.25) is 0 Å². The average molecular weight is 361 g/mol. The van der Waals surface area contributed by atoms with Gasteiger partial charge < -0.3 is 14.6 Å². The molecule has 6 heteroatoms. The molecule has 1 aliphatic rings. The van der Waals surface area contributed by atoms with Crippen LogP contribution in [0.1, 0.15) is 23.8 Å². The number of carbonyl (C=O) groups is 1. The number of fused-ring (bicyclic) bond motifs is 1. The predicted molar refractivity (Wildman–Crippen MR) is 98.2 cm³/mol. The summed E-state index contributed by atoms with van der Waals surface area (Å²) in [6.07, 6.45) is 0.782. The molecule has 0 unspecified atom stereocenters. The molecule has 1 aromatic heterocycles. The SMILES string of the molecule is CC(=O)OCCCN1CCOc2c(O)cc(-c3ccc(C)s3)cc2C1. The molecule has 5 nitrogen and oxygen atoms in total. The minimum Gasteiger partial charge on any atom is -0.504 e. The van der Waals surface area contributed by atoms with Crippen LogP contribution in [0.5, 0.6) is 11.5 Å². The molecule has 134 valence electrons. The van der Waals surface area contributed by atoms with Crippen LogP contribution in [0.25, 0.3) is 10.4 Å². The summed E-state index contributed by atoms with van der Waals surface area (Å²) in [5, 5.41) is 10.4. The summed E-state index contributed by atoms with van der Waals surface area (Å²) < 4.78 is 10.8. The number of benzene rings is 1. The van der Waals surface area contributed by atoms with E-state index in [1.807, 2.05) is 0 Å². The van der Waals surface area contributed by atoms with Gasteiger partial charge >= 0.3 is 5.97 Å². The van der Waals surface area contributed by atoms with Crippen LogP contribution in [0.2, 0.25) is 0 Å². The van der Waals surface area contributed by atoms with Gasteiger partial charge in [0, 0.05) is 41.9 Å². The number of esters is 1. The summed E-state index contributed by atoms with van der Waals surface area (Å²) in [5.41, 5.74) is 2.01. The summed E-state index contributed by atoms with van der Waals surface area (Å²) in [6.45, 7) is 6.77. The van der Waals surface area contributed by atoms with Crippen molar-refractivity contribution in [1.29, 1.82) is 0 Å². The zero-order chi connectivity index (χ0) is 17.8. The van der Waals surface area contributed by atoms with E-state index < -0.39 is 0 Å². The van der Waals surface area contributed by atoms with Crippen molar-refractivity contribution < 1.29 is 19.4 Å². The van der Waals surface area contributed by atoms with E-state index in [1.165, 1.54) is 11.8 Å². The maximum absolute atomic E-state index is 10.8. The molecule has 0 aliphatic carbocycles. The van der Waals surface area contributed by atoms with Gasteiger partial charge in [0.15, 0.2) is 11.5 Å². The molecule has 2 aromatic rings. The molecule has 25 heavy (non-hydrogen) atoms. The number of ether oxygens (including phenoxy) is 2. The standard InChI is InChI=1S/C19H23NO4S/c1-13-4-5-18(25-13)15-10-16-12-20(6-3-8-23-14(2)21)7-9-24-19(16)17(22)11-15/h4-5,10-11,22H,3,6-9,12H2,1-2H3. The van der Waals surface area contributed by atoms with Crippen molar-refractivity contribution in [3.05, 3.63) is 34.7 Å². The van der Waals surface area contributed by atoms with E-state index in [0.717, 1.165) is 35.5 Å². The summed E-state index contributed by atoms with van der Waals surface area (Å²) >= 11 is 1.71. The molecule has 0 spiro atoms. The van der Waals surface area contributed by atoms with Crippen LogP contribution in [0.3, 0.4) is 0 Å². The maximum Gasteiger partial charge on any atom is 0.302 e. The first-order chi connectivity index (χ1) is 12.0. The van der Waals surface area contributed by atoms with Gasteiger partial charge in [-0.1, -0.05) is 0 Å². The van der Waals surface area contributed by atoms with Gasteiger partial charge in [0.25, 0.3) is 0 Å². The fourth-order valence-electron chi connectivity index (χ4n) is 2.98. The van der Waals surface area contributed by atoms with Gasteiger partial charge in [-0.05, 0) is 43.2 Å². The zero-order valence-electron chi connectivity index (χ0n) is 14.6. The zero-order valence-corrected chi connectivity index (χ0v) is 15.4. The lowest BCUT2D eigenvalue weighted by Gasteiger charge is -2.19. The van der Waals surface area contributed by atoms with Crippen LogP contribution in [0.4, 0.5) is 0 Å². The second kappa shape index (κ2) is 7.89. The summed E-state index contributed by atoms with van der Waals surface area (Å²) in [5.74, 6) is 0.533. The molecule has 0 saturated carbocycles. The molecule has 0 saturated heterocycles. The summed E-state index contributed by atoms with van der Waals surface area (Å²) in [7, 11) is 0. The Morgan fingerprint density at radius 2 is 2.24 bits per heavy atom. The number of phenols is 1. The number of rotatable bonds is 5. The van der Waals surface area contributed by atoms with Crippen LogP contribution >= 0.6 is 11.3 Å². The number of nitrogens with zero attached hydrogens (tertiary/aromatic N) is 1. The monoisotopic (exact) mass is 361 g/mol. The number of hydrogen-bond donors (Lipinski definition) is 1. The first-order valence-corrected chi connectivity index (χ1v) is 9.26. The molecule has 0 amide bonds. The van der Waals surface area contributed by atoms with Crippen LogP contribution in [0, 0.1) is 6.92 Å². The van der Waals surface area contributed by atoms with Crippen molar-refractivity contribution in [2.75, 3.05) is 26.3 Å². The normalized spacial score (nSPS) is 14.5. The minimum absolute atomic E-state index is 0.195. The van der Waals surface area contributed by atoms with Crippen LogP contribution in [-0.4, -0.2) is 42.3 Å². The molecule has 1 N–H and O–H groups in total. The highest BCUT2D eigenvalue weighted by Gasteiger charge is 2.20. The highest BCUT2D eigenvalue weighted by atomic mass is 32.1. The largest absolute Gasteiger partial charge is 0.504 e. The fraction of sp³-hybridized carbons (Fsp3) is 0.421. The molecule has 0 radical (unpaired) electrons. The summed E-state index contributed by atoms with van der Waals surface area (Å²) in [4.78, 5) is 15.5. The van der Waals surface area contributed by atoms with Gasteiger partial charge in [0.1, 0.15) is 6.61 Å². The third kappa shape index (κ3) is 4.52. The van der Waals surface area contributed by atoms with E-state index in [9.17, 15) is 9.90 Å². The third-order valence-corrected chi connectivity index (χ3v) is 5.19. The highest BCUT2D eigenvalue weighted by Crippen LogP contribution is 2.39. The van der Waals surface area contributed by atoms with E-state index in [-0.39, 0.29) is 11.7 Å². The van der Waals surface area contributed by atoms with Gasteiger partial charge in [-0.3, -0.25) is 9.69 Å². The second-order valence-electron chi connectivity index (χ2n) is 6.21. The van der Waals surface area contributed by atoms with E-state index >= 15 is 0 Å². The maximum atomic E-state index is 10.8. The Labute approximate surface area is 151 Å². The Morgan fingerprint density at radius 1 is 1.40 bits per heavy atom. The van der Waals surface area contributed by atoms with Crippen molar-refractivity contribution in [3.8, 4) is 21.9 Å². The average Bonchev–Trinajstić information content (AvgIpc) is 2.88. The van der Waals surface area contributed by atoms with Gasteiger partial charge in [-0.2, -0.15) is 0 Å². The van der Waals surface area contributed by atoms with Crippen molar-refractivity contribution in [3.63, 3.8) is 0 Å². The van der Waals surface area contributed by atoms with E-state index in [2.05, 4.69) is 30.0 Å². The number of hydrogen-bond acceptors (Lipinski definition) is 6. The number of aryl methyl sites for hydroxylation is 1. The van der Waals surface area contributed by atoms with Gasteiger partial charge in [-0.15, -0.1) is 11.3 Å². The second-order valence-corrected chi connectivity index (χ2v) is 7.50. The molecule has 1 aliphatic heterocycles. The molecular formula is C19H23NO4S. The van der Waals surface area contributed by atoms with E-state index in [0.29, 0.717) is 25.5 Å². The van der Waals surface area contributed by atoms with Crippen molar-refractivity contribution in [2.24, 2.45) is 0 Å². The predicted octanol–water partition coefficient (Wildman–Crippen LogP) is 3.58. The fourth-order valence-corrected chi connectivity index (χ4v) is 3.83. The molecule has 0 bridgehead atoms. The van der Waals surface area contributed by atoms with E-state index in [1.54, 1.807) is 17.4 Å². The number of carbonyl (C=O) groups excluding carboxylic acids is 1. The first-order valence-electron chi connectivity index (χ1n) is 8.44. The van der Waals surface area contributed by atoms with E-state index in [4.69, 9.17) is 9.47 Å². The smallest absolute Gasteiger partial charge is 0.302 e. The first kappa shape index (κ1) is 17.8. The number of phenolic OH excluding ortho intramolecular Hbond substituents is 1. The Morgan fingerprint density at radius 3 is 2.96 bits per heavy atom. The quantitative estimate of drug-likeness (QED) is 0.652. The van der Waals surface area contributed by atoms with Crippen LogP contribution < -0.4 is 4.74 Å². The molecular weight excluding hydrogens is 338 g/mol. The third-order valence-electron chi connectivity index (χ3n) is 4.14. The molecule has 0 fully saturated rings. The number of aromatic hydroxyl groups is 1. The molecule has 3 rings (SSSR count). The number of thiophene rings is 1. The van der Waals surface area contributed by atoms with Gasteiger partial charge in [0.05, 0.1) is 6.61 Å². The lowest BCUT2D eigenvalue weighted by Crippen LogP contribution is -2.27. The van der Waals surface area contributed by atoms with Crippen LogP contribution in [-0.2, 0) is 16.1 Å². The van der Waals surface area contributed by atoms with Crippen LogP contribution in [0.15, 0.2) is 24.3 Å². The van der Waals surface area contributed by atoms with Crippen molar-refractivity contribution in [2.45, 2.75) is 26.8 Å². The molecule has 2 heterocycles. The Balaban J connectivity index is 1.75. The Bertz CT molecular complexity index is 756. The van der Waals surface area contributed by atoms with Crippen molar-refractivity contribution >= 4 is 17.3 Å². The van der Waals surface area contributed by atoms with Gasteiger partial charge in [-0.25, -0.2) is 0 Å². The molecule has 1 aromatic carbocycles.